The molecule has 0 radical (unpaired) electrons. The van der Waals surface area contributed by atoms with E-state index in [4.69, 9.17) is 9.47 Å². The molecule has 1 unspecified atom stereocenters. The first-order valence-corrected chi connectivity index (χ1v) is 8.40. The Kier molecular flexibility index (Phi) is 6.73. The number of benzene rings is 1. The Bertz CT molecular complexity index is 610. The fourth-order valence-corrected chi connectivity index (χ4v) is 2.97. The molecule has 0 bridgehead atoms. The van der Waals surface area contributed by atoms with Crippen LogP contribution in [-0.4, -0.2) is 29.6 Å². The topological polar surface area (TPSA) is 108 Å². The van der Waals surface area contributed by atoms with Crippen molar-refractivity contribution >= 4 is 17.7 Å². The number of nitro groups is 1. The quantitative estimate of drug-likeness (QED) is 0.479. The van der Waals surface area contributed by atoms with Gasteiger partial charge in [0.05, 0.1) is 11.5 Å². The van der Waals surface area contributed by atoms with Crippen molar-refractivity contribution in [1.29, 1.82) is 0 Å². The molecule has 136 valence electrons. The molecule has 1 fully saturated rings. The van der Waals surface area contributed by atoms with Crippen LogP contribution in [0.2, 0.25) is 0 Å². The van der Waals surface area contributed by atoms with E-state index in [1.54, 1.807) is 6.92 Å². The molecule has 1 aliphatic carbocycles. The second-order valence-electron chi connectivity index (χ2n) is 5.91. The normalized spacial score (nSPS) is 15.9. The van der Waals surface area contributed by atoms with Gasteiger partial charge in [0, 0.05) is 12.1 Å². The average molecular weight is 350 g/mol. The van der Waals surface area contributed by atoms with Gasteiger partial charge in [0.25, 0.3) is 5.69 Å². The SMILES string of the molecule is CCOC(=O)C(NC(=O)Oc1ccc([N+](=O)[O-])cc1)C1CCCCC1. The van der Waals surface area contributed by atoms with E-state index in [0.29, 0.717) is 0 Å². The molecule has 0 heterocycles. The van der Waals surface area contributed by atoms with E-state index in [-0.39, 0.29) is 24.0 Å². The van der Waals surface area contributed by atoms with Crippen LogP contribution in [0.4, 0.5) is 10.5 Å². The maximum Gasteiger partial charge on any atom is 0.413 e. The van der Waals surface area contributed by atoms with Gasteiger partial charge >= 0.3 is 12.1 Å². The lowest BCUT2D eigenvalue weighted by atomic mass is 9.84. The second-order valence-corrected chi connectivity index (χ2v) is 5.91. The van der Waals surface area contributed by atoms with Crippen molar-refractivity contribution < 1.29 is 24.0 Å². The summed E-state index contributed by atoms with van der Waals surface area (Å²) in [6.45, 7) is 1.95. The molecule has 8 heteroatoms. The predicted octanol–water partition coefficient (Wildman–Crippen LogP) is 3.20. The first kappa shape index (κ1) is 18.7. The van der Waals surface area contributed by atoms with Crippen molar-refractivity contribution in [1.82, 2.24) is 5.32 Å². The van der Waals surface area contributed by atoms with E-state index in [2.05, 4.69) is 5.32 Å². The average Bonchev–Trinajstić information content (AvgIpc) is 2.61. The summed E-state index contributed by atoms with van der Waals surface area (Å²) in [6, 6.07) is 4.40. The lowest BCUT2D eigenvalue weighted by molar-refractivity contribution is -0.384. The minimum atomic E-state index is -0.780. The van der Waals surface area contributed by atoms with Gasteiger partial charge in [0.2, 0.25) is 0 Å². The molecule has 2 rings (SSSR count). The summed E-state index contributed by atoms with van der Waals surface area (Å²) in [5.41, 5.74) is -0.0978. The van der Waals surface area contributed by atoms with Crippen molar-refractivity contribution in [3.63, 3.8) is 0 Å². The smallest absolute Gasteiger partial charge is 0.413 e. The van der Waals surface area contributed by atoms with Crippen LogP contribution in [0.15, 0.2) is 24.3 Å². The van der Waals surface area contributed by atoms with E-state index in [0.717, 1.165) is 32.1 Å². The lowest BCUT2D eigenvalue weighted by Gasteiger charge is -2.28. The highest BCUT2D eigenvalue weighted by Gasteiger charge is 2.32. The van der Waals surface area contributed by atoms with E-state index in [9.17, 15) is 19.7 Å². The zero-order valence-corrected chi connectivity index (χ0v) is 14.1. The van der Waals surface area contributed by atoms with Crippen molar-refractivity contribution in [2.45, 2.75) is 45.1 Å². The van der Waals surface area contributed by atoms with E-state index < -0.39 is 23.0 Å². The molecule has 0 spiro atoms. The number of nitrogens with zero attached hydrogens (tertiary/aromatic N) is 1. The number of hydrogen-bond acceptors (Lipinski definition) is 6. The summed E-state index contributed by atoms with van der Waals surface area (Å²) in [4.78, 5) is 34.4. The molecule has 1 aromatic rings. The van der Waals surface area contributed by atoms with Crippen LogP contribution in [0, 0.1) is 16.0 Å². The summed E-state index contributed by atoms with van der Waals surface area (Å²) in [5.74, 6) is -0.276. The molecule has 8 nitrogen and oxygen atoms in total. The first-order valence-electron chi connectivity index (χ1n) is 8.40. The number of carbonyl (C=O) groups is 2. The standard InChI is InChI=1S/C17H22N2O6/c1-2-24-16(20)15(12-6-4-3-5-7-12)18-17(21)25-14-10-8-13(9-11-14)19(22)23/h8-12,15H,2-7H2,1H3,(H,18,21). The van der Waals surface area contributed by atoms with Gasteiger partial charge in [-0.1, -0.05) is 19.3 Å². The lowest BCUT2D eigenvalue weighted by Crippen LogP contribution is -2.48. The highest BCUT2D eigenvalue weighted by atomic mass is 16.6. The van der Waals surface area contributed by atoms with Crippen molar-refractivity contribution in [3.8, 4) is 5.75 Å². The van der Waals surface area contributed by atoms with Crippen LogP contribution in [0.1, 0.15) is 39.0 Å². The molecular formula is C17H22N2O6. The highest BCUT2D eigenvalue weighted by Crippen LogP contribution is 2.27. The fraction of sp³-hybridized carbons (Fsp3) is 0.529. The Labute approximate surface area is 145 Å². The molecule has 1 aliphatic rings. The molecule has 0 aromatic heterocycles. The van der Waals surface area contributed by atoms with Gasteiger partial charge in [-0.3, -0.25) is 10.1 Å². The second kappa shape index (κ2) is 9.00. The van der Waals surface area contributed by atoms with Crippen LogP contribution in [-0.2, 0) is 9.53 Å². The monoisotopic (exact) mass is 350 g/mol. The molecule has 1 saturated carbocycles. The number of nitrogens with one attached hydrogen (secondary N) is 1. The zero-order valence-electron chi connectivity index (χ0n) is 14.1. The number of amides is 1. The minimum absolute atomic E-state index is 0.0252. The number of nitro benzene ring substituents is 1. The van der Waals surface area contributed by atoms with Crippen molar-refractivity contribution in [3.05, 3.63) is 34.4 Å². The molecule has 1 N–H and O–H groups in total. The Morgan fingerprint density at radius 2 is 1.88 bits per heavy atom. The Morgan fingerprint density at radius 3 is 2.44 bits per heavy atom. The van der Waals surface area contributed by atoms with E-state index in [1.165, 1.54) is 24.3 Å². The van der Waals surface area contributed by atoms with Crippen LogP contribution in [0.3, 0.4) is 0 Å². The Balaban J connectivity index is 2.00. The van der Waals surface area contributed by atoms with Gasteiger partial charge < -0.3 is 14.8 Å². The van der Waals surface area contributed by atoms with Crippen molar-refractivity contribution in [2.75, 3.05) is 6.61 Å². The number of rotatable bonds is 6. The summed E-state index contributed by atoms with van der Waals surface area (Å²) < 4.78 is 10.2. The first-order chi connectivity index (χ1) is 12.0. The van der Waals surface area contributed by atoms with Crippen LogP contribution < -0.4 is 10.1 Å². The van der Waals surface area contributed by atoms with Crippen molar-refractivity contribution in [2.24, 2.45) is 5.92 Å². The third-order valence-electron chi connectivity index (χ3n) is 4.19. The third-order valence-corrected chi connectivity index (χ3v) is 4.19. The zero-order chi connectivity index (χ0) is 18.2. The summed E-state index contributed by atoms with van der Waals surface area (Å²) in [6.07, 6.45) is 4.07. The number of non-ortho nitro benzene ring substituents is 1. The Morgan fingerprint density at radius 1 is 1.24 bits per heavy atom. The highest BCUT2D eigenvalue weighted by molar-refractivity contribution is 5.82. The molecule has 1 atom stereocenters. The largest absolute Gasteiger partial charge is 0.464 e. The fourth-order valence-electron chi connectivity index (χ4n) is 2.97. The number of esters is 1. The Hall–Kier alpha value is -2.64. The van der Waals surface area contributed by atoms with Gasteiger partial charge in [-0.15, -0.1) is 0 Å². The van der Waals surface area contributed by atoms with Gasteiger partial charge in [-0.05, 0) is 37.8 Å². The minimum Gasteiger partial charge on any atom is -0.464 e. The van der Waals surface area contributed by atoms with E-state index >= 15 is 0 Å². The van der Waals surface area contributed by atoms with Gasteiger partial charge in [0.1, 0.15) is 11.8 Å². The summed E-state index contributed by atoms with van der Waals surface area (Å²) >= 11 is 0. The number of carbonyl (C=O) groups excluding carboxylic acids is 2. The maximum absolute atomic E-state index is 12.2. The molecule has 25 heavy (non-hydrogen) atoms. The van der Waals surface area contributed by atoms with Crippen LogP contribution in [0.5, 0.6) is 5.75 Å². The van der Waals surface area contributed by atoms with Crippen LogP contribution >= 0.6 is 0 Å². The maximum atomic E-state index is 12.2. The van der Waals surface area contributed by atoms with Crippen LogP contribution in [0.25, 0.3) is 0 Å². The molecular weight excluding hydrogens is 328 g/mol. The molecule has 1 aromatic carbocycles. The molecule has 0 saturated heterocycles. The molecule has 1 amide bonds. The van der Waals surface area contributed by atoms with Gasteiger partial charge in [0.15, 0.2) is 0 Å². The number of ether oxygens (including phenoxy) is 2. The third kappa shape index (κ3) is 5.44. The molecule has 0 aliphatic heterocycles. The number of hydrogen-bond donors (Lipinski definition) is 1. The summed E-state index contributed by atoms with van der Waals surface area (Å²) in [7, 11) is 0. The van der Waals surface area contributed by atoms with Gasteiger partial charge in [-0.2, -0.15) is 0 Å². The van der Waals surface area contributed by atoms with Gasteiger partial charge in [-0.25, -0.2) is 9.59 Å². The predicted molar refractivity (Wildman–Crippen MR) is 89.3 cm³/mol. The van der Waals surface area contributed by atoms with E-state index in [1.807, 2.05) is 0 Å². The summed E-state index contributed by atoms with van der Waals surface area (Å²) in [5, 5.41) is 13.2.